The summed E-state index contributed by atoms with van der Waals surface area (Å²) in [6.07, 6.45) is 4.90. The van der Waals surface area contributed by atoms with E-state index in [0.717, 1.165) is 19.6 Å². The predicted molar refractivity (Wildman–Crippen MR) is 234 cm³/mol. The van der Waals surface area contributed by atoms with Gasteiger partial charge in [-0.05, 0) is 25.8 Å². The summed E-state index contributed by atoms with van der Waals surface area (Å²) in [5, 5.41) is 67.3. The van der Waals surface area contributed by atoms with E-state index < -0.39 is 88.8 Å². The lowest BCUT2D eigenvalue weighted by Crippen LogP contribution is -2.46. The van der Waals surface area contributed by atoms with Crippen LogP contribution in [0.4, 0.5) is 5.69 Å². The van der Waals surface area contributed by atoms with Crippen molar-refractivity contribution in [1.29, 1.82) is 0 Å². The lowest BCUT2D eigenvalue weighted by molar-refractivity contribution is -0.160. The van der Waals surface area contributed by atoms with Crippen LogP contribution in [0.1, 0.15) is 83.8 Å². The number of carbonyl (C=O) groups is 3. The van der Waals surface area contributed by atoms with Crippen LogP contribution in [0.15, 0.2) is 41.2 Å². The Hall–Kier alpha value is -5.16. The molecule has 1 fully saturated rings. The summed E-state index contributed by atoms with van der Waals surface area (Å²) in [7, 11) is 1.44. The third-order valence-corrected chi connectivity index (χ3v) is 12.4. The van der Waals surface area contributed by atoms with Gasteiger partial charge in [0.1, 0.15) is 23.4 Å². The average molecular weight is 865 g/mol. The fourth-order valence-electron chi connectivity index (χ4n) is 8.56. The zero-order valence-corrected chi connectivity index (χ0v) is 37.6. The molecule has 0 aliphatic carbocycles. The second-order valence-corrected chi connectivity index (χ2v) is 17.5. The number of anilines is 1. The minimum atomic E-state index is -2.05. The molecule has 2 aromatic rings. The van der Waals surface area contributed by atoms with E-state index in [9.17, 15) is 39.9 Å². The van der Waals surface area contributed by atoms with Gasteiger partial charge in [-0.15, -0.1) is 0 Å². The maximum Gasteiger partial charge on any atom is 0.312 e. The number of esters is 1. The molecule has 62 heavy (non-hydrogen) atoms. The van der Waals surface area contributed by atoms with Crippen LogP contribution in [0.2, 0.25) is 0 Å². The number of carbonyl (C=O) groups excluding carboxylic acids is 3. The van der Waals surface area contributed by atoms with Crippen LogP contribution in [-0.2, 0) is 23.8 Å². The highest BCUT2D eigenvalue weighted by atomic mass is 16.7. The molecule has 340 valence electrons. The number of aliphatic hydroxyl groups is 2. The van der Waals surface area contributed by atoms with E-state index in [1.165, 1.54) is 59.4 Å². The number of aromatic hydroxyl groups is 3. The molecular formula is C46H64N4O12. The highest BCUT2D eigenvalue weighted by Gasteiger charge is 2.50. The number of ketones is 1. The highest BCUT2D eigenvalue weighted by Crippen LogP contribution is 2.55. The molecule has 16 heteroatoms. The number of rotatable bonds is 6. The Morgan fingerprint density at radius 3 is 2.24 bits per heavy atom. The third-order valence-electron chi connectivity index (χ3n) is 12.4. The number of phenols is 3. The molecule has 0 aromatic heterocycles. The smallest absolute Gasteiger partial charge is 0.312 e. The summed E-state index contributed by atoms with van der Waals surface area (Å²) in [5.74, 6) is -7.85. The SMILES string of the molecule is COC1C=COC2(C)Oc3c(C)c(O)c4c(O)c(c(/C=N/N5CCN(CC(C)C)CC5)c(O)c4c3C2=O)NC(=O)C(C)=CC=CC(C)C(O)C(C)C(O)C(C)C(OC(C)=O)C1C. The van der Waals surface area contributed by atoms with Gasteiger partial charge in [-0.3, -0.25) is 24.3 Å². The van der Waals surface area contributed by atoms with Crippen LogP contribution in [0.5, 0.6) is 23.0 Å². The second-order valence-electron chi connectivity index (χ2n) is 17.5. The van der Waals surface area contributed by atoms with E-state index >= 15 is 0 Å². The molecule has 16 nitrogen and oxygen atoms in total. The van der Waals surface area contributed by atoms with Crippen molar-refractivity contribution in [3.05, 3.63) is 52.8 Å². The number of hydrogen-bond acceptors (Lipinski definition) is 15. The standard InChI is InChI=1S/C46H64N4O12/c1-23(2)22-49-16-18-50(19-17-49)47-21-31-36-41(56)34-33(40(31)55)35-43(29(8)39(34)54)62-46(10,44(35)57)60-20-15-32(59-11)26(5)42(61-30(9)51)28(7)38(53)27(6)37(52)24(3)13-12-14-25(4)45(58)48-36/h12-15,20-21,23-24,26-28,32,37-38,42,52-56H,16-19,22H2,1-11H3,(H,48,58)/b13-12?,20-15?,25-14?,47-21+. The van der Waals surface area contributed by atoms with E-state index in [1.807, 2.05) is 0 Å². The molecule has 1 saturated heterocycles. The summed E-state index contributed by atoms with van der Waals surface area (Å²) in [5.41, 5.74) is -0.335. The van der Waals surface area contributed by atoms with Gasteiger partial charge in [-0.2, -0.15) is 5.10 Å². The largest absolute Gasteiger partial charge is 0.507 e. The second kappa shape index (κ2) is 19.5. The van der Waals surface area contributed by atoms with Crippen LogP contribution in [0, 0.1) is 36.5 Å². The van der Waals surface area contributed by atoms with Crippen LogP contribution in [0.3, 0.4) is 0 Å². The Morgan fingerprint density at radius 2 is 1.63 bits per heavy atom. The number of fused-ring (bicyclic) bond motifs is 14. The lowest BCUT2D eigenvalue weighted by atomic mass is 9.78. The first-order chi connectivity index (χ1) is 29.1. The van der Waals surface area contributed by atoms with Gasteiger partial charge in [0.25, 0.3) is 11.7 Å². The Bertz CT molecular complexity index is 2140. The van der Waals surface area contributed by atoms with E-state index in [1.54, 1.807) is 44.9 Å². The Kier molecular flexibility index (Phi) is 15.0. The van der Waals surface area contributed by atoms with Crippen LogP contribution in [-0.4, -0.2) is 129 Å². The van der Waals surface area contributed by atoms with Gasteiger partial charge in [-0.1, -0.05) is 59.8 Å². The minimum Gasteiger partial charge on any atom is -0.507 e. The first-order valence-electron chi connectivity index (χ1n) is 21.2. The van der Waals surface area contributed by atoms with Crippen LogP contribution in [0.25, 0.3) is 10.8 Å². The van der Waals surface area contributed by atoms with Crippen LogP contribution < -0.4 is 10.1 Å². The van der Waals surface area contributed by atoms with Gasteiger partial charge < -0.3 is 49.8 Å². The van der Waals surface area contributed by atoms with Crippen LogP contribution >= 0.6 is 0 Å². The highest BCUT2D eigenvalue weighted by molar-refractivity contribution is 6.23. The van der Waals surface area contributed by atoms with E-state index in [-0.39, 0.29) is 44.5 Å². The molecule has 0 spiro atoms. The average Bonchev–Trinajstić information content (AvgIpc) is 3.49. The molecule has 4 heterocycles. The van der Waals surface area contributed by atoms with Crippen molar-refractivity contribution in [2.45, 2.75) is 99.4 Å². The monoisotopic (exact) mass is 864 g/mol. The number of nitrogens with one attached hydrogen (secondary N) is 1. The number of nitrogens with zero attached hydrogens (tertiary/aromatic N) is 3. The van der Waals surface area contributed by atoms with Crippen molar-refractivity contribution in [3.63, 3.8) is 0 Å². The molecule has 6 rings (SSSR count). The van der Waals surface area contributed by atoms with E-state index in [0.29, 0.717) is 19.0 Å². The zero-order chi connectivity index (χ0) is 46.0. The van der Waals surface area contributed by atoms with Crippen molar-refractivity contribution in [2.75, 3.05) is 45.2 Å². The van der Waals surface area contributed by atoms with E-state index in [2.05, 4.69) is 29.2 Å². The van der Waals surface area contributed by atoms with E-state index in [4.69, 9.17) is 18.9 Å². The number of allylic oxidation sites excluding steroid dienone is 2. The minimum absolute atomic E-state index is 0.0576. The molecule has 9 atom stereocenters. The molecule has 2 aromatic carbocycles. The van der Waals surface area contributed by atoms with Crippen molar-refractivity contribution in [1.82, 2.24) is 9.91 Å². The van der Waals surface area contributed by atoms with Gasteiger partial charge in [0.15, 0.2) is 5.75 Å². The van der Waals surface area contributed by atoms with Gasteiger partial charge >= 0.3 is 11.8 Å². The lowest BCUT2D eigenvalue weighted by Gasteiger charge is -2.38. The normalized spacial score (nSPS) is 29.3. The maximum absolute atomic E-state index is 14.5. The number of hydrazone groups is 1. The van der Waals surface area contributed by atoms with Gasteiger partial charge in [0.2, 0.25) is 0 Å². The predicted octanol–water partition coefficient (Wildman–Crippen LogP) is 5.36. The number of methoxy groups -OCH3 is 1. The number of piperazine rings is 1. The maximum atomic E-state index is 14.5. The Balaban J connectivity index is 1.68. The Morgan fingerprint density at radius 1 is 0.968 bits per heavy atom. The van der Waals surface area contributed by atoms with Crippen molar-refractivity contribution < 1.29 is 58.9 Å². The molecule has 5 bridgehead atoms. The van der Waals surface area contributed by atoms with Gasteiger partial charge in [0, 0.05) is 93.9 Å². The van der Waals surface area contributed by atoms with Gasteiger partial charge in [-0.25, -0.2) is 0 Å². The molecule has 6 N–H and O–H groups in total. The number of hydrogen-bond donors (Lipinski definition) is 6. The van der Waals surface area contributed by atoms with Gasteiger partial charge in [0.05, 0.1) is 53.0 Å². The fourth-order valence-corrected chi connectivity index (χ4v) is 8.56. The molecule has 4 aliphatic rings. The number of aliphatic hydroxyl groups excluding tert-OH is 2. The zero-order valence-electron chi connectivity index (χ0n) is 37.6. The third kappa shape index (κ3) is 9.73. The van der Waals surface area contributed by atoms with Crippen molar-refractivity contribution in [3.8, 4) is 23.0 Å². The number of amides is 1. The summed E-state index contributed by atoms with van der Waals surface area (Å²) >= 11 is 0. The first-order valence-corrected chi connectivity index (χ1v) is 21.2. The topological polar surface area (TPSA) is 220 Å². The number of Topliss-reactive ketones (excluding diaryl/α,β-unsaturated/α-hetero) is 1. The number of benzene rings is 2. The first kappa shape index (κ1) is 47.9. The summed E-state index contributed by atoms with van der Waals surface area (Å²) < 4.78 is 23.7. The molecular weight excluding hydrogens is 801 g/mol. The molecule has 0 radical (unpaired) electrons. The molecule has 0 saturated carbocycles. The molecule has 4 aliphatic heterocycles. The summed E-state index contributed by atoms with van der Waals surface area (Å²) in [6.45, 7) is 20.4. The summed E-state index contributed by atoms with van der Waals surface area (Å²) in [4.78, 5) is 43.0. The fraction of sp³-hybridized carbons (Fsp3) is 0.565. The number of phenolic OH excluding ortho intramolecular Hbond substituents is 3. The Labute approximate surface area is 363 Å². The summed E-state index contributed by atoms with van der Waals surface area (Å²) in [6, 6.07) is 0. The number of ether oxygens (including phenoxy) is 4. The van der Waals surface area contributed by atoms with Crippen molar-refractivity contribution in [2.24, 2.45) is 34.7 Å². The molecule has 1 amide bonds. The van der Waals surface area contributed by atoms with Crippen molar-refractivity contribution >= 4 is 40.3 Å². The quantitative estimate of drug-likeness (QED) is 0.0933. The molecule has 9 unspecified atom stereocenters.